The molecule has 0 aromatic heterocycles. The fraction of sp³-hybridized carbons (Fsp3) is 0.636. The van der Waals surface area contributed by atoms with Gasteiger partial charge in [-0.2, -0.15) is 0 Å². The molecule has 1 amide bonds. The molecule has 0 aliphatic carbocycles. The molecule has 0 saturated heterocycles. The molecule has 0 fully saturated rings. The van der Waals surface area contributed by atoms with E-state index in [1.165, 1.54) is 0 Å². The lowest BCUT2D eigenvalue weighted by Crippen LogP contribution is -2.36. The largest absolute Gasteiger partial charge is 0.481 e. The van der Waals surface area contributed by atoms with Gasteiger partial charge in [-0.3, -0.25) is 4.79 Å². The average Bonchev–Trinajstić information content (AvgIpc) is 2.59. The van der Waals surface area contributed by atoms with Gasteiger partial charge in [0.1, 0.15) is 0 Å². The molecule has 0 atom stereocenters. The van der Waals surface area contributed by atoms with Gasteiger partial charge in [0.05, 0.1) is 7.11 Å². The second kappa shape index (κ2) is 4.47. The molecular weight excluding hydrogens is 192 g/mol. The van der Waals surface area contributed by atoms with E-state index >= 15 is 0 Å². The molecule has 0 unspecified atom stereocenters. The summed E-state index contributed by atoms with van der Waals surface area (Å²) >= 11 is 0. The van der Waals surface area contributed by atoms with Crippen molar-refractivity contribution < 1.29 is 9.53 Å². The first-order chi connectivity index (χ1) is 6.95. The molecule has 15 heavy (non-hydrogen) atoms. The van der Waals surface area contributed by atoms with Crippen LogP contribution < -0.4 is 5.32 Å². The Labute approximate surface area is 90.4 Å². The summed E-state index contributed by atoms with van der Waals surface area (Å²) in [6.45, 7) is 6.18. The summed E-state index contributed by atoms with van der Waals surface area (Å²) in [5, 5.41) is 2.87. The lowest BCUT2D eigenvalue weighted by Gasteiger charge is -2.17. The van der Waals surface area contributed by atoms with Crippen LogP contribution in [0.5, 0.6) is 0 Å². The van der Waals surface area contributed by atoms with E-state index in [0.717, 1.165) is 12.0 Å². The van der Waals surface area contributed by atoms with Crippen molar-refractivity contribution in [1.29, 1.82) is 0 Å². The summed E-state index contributed by atoms with van der Waals surface area (Å²) < 4.78 is 5.07. The molecule has 0 spiro atoms. The number of methoxy groups -OCH3 is 1. The maximum absolute atomic E-state index is 11.6. The molecule has 4 heteroatoms. The van der Waals surface area contributed by atoms with Crippen molar-refractivity contribution in [2.24, 2.45) is 10.4 Å². The Hall–Kier alpha value is -1.32. The smallest absolute Gasteiger partial charge is 0.225 e. The lowest BCUT2D eigenvalue weighted by atomic mass is 9.95. The van der Waals surface area contributed by atoms with Gasteiger partial charge in [0.15, 0.2) is 0 Å². The van der Waals surface area contributed by atoms with Crippen LogP contribution in [-0.4, -0.2) is 25.8 Å². The summed E-state index contributed by atoms with van der Waals surface area (Å²) in [7, 11) is 1.59. The molecule has 1 aliphatic heterocycles. The average molecular weight is 210 g/mol. The van der Waals surface area contributed by atoms with Crippen LogP contribution in [0.2, 0.25) is 0 Å². The number of carbonyl (C=O) groups is 1. The zero-order valence-corrected chi connectivity index (χ0v) is 9.76. The van der Waals surface area contributed by atoms with Crippen molar-refractivity contribution in [2.45, 2.75) is 27.2 Å². The quantitative estimate of drug-likeness (QED) is 0.767. The highest BCUT2D eigenvalue weighted by atomic mass is 16.5. The van der Waals surface area contributed by atoms with Crippen LogP contribution >= 0.6 is 0 Å². The van der Waals surface area contributed by atoms with Crippen LogP contribution in [0.1, 0.15) is 27.2 Å². The van der Waals surface area contributed by atoms with E-state index in [-0.39, 0.29) is 11.3 Å². The van der Waals surface area contributed by atoms with Crippen LogP contribution in [0.15, 0.2) is 16.4 Å². The number of aliphatic imine (C=N–C) groups is 1. The molecule has 4 nitrogen and oxygen atoms in total. The minimum Gasteiger partial charge on any atom is -0.481 e. The Bertz CT molecular complexity index is 311. The molecule has 84 valence electrons. The Morgan fingerprint density at radius 2 is 2.27 bits per heavy atom. The maximum Gasteiger partial charge on any atom is 0.225 e. The van der Waals surface area contributed by atoms with Gasteiger partial charge >= 0.3 is 0 Å². The number of nitrogens with one attached hydrogen (secondary N) is 1. The Morgan fingerprint density at radius 1 is 1.60 bits per heavy atom. The summed E-state index contributed by atoms with van der Waals surface area (Å²) in [6, 6.07) is 0. The number of ether oxygens (including phenoxy) is 1. The molecular formula is C11H18N2O2. The summed E-state index contributed by atoms with van der Waals surface area (Å²) in [5.74, 6) is 0.668. The second-order valence-corrected chi connectivity index (χ2v) is 4.56. The minimum atomic E-state index is -0.354. The summed E-state index contributed by atoms with van der Waals surface area (Å²) in [5.41, 5.74) is 0.669. The molecule has 0 aromatic rings. The number of nitrogens with zero attached hydrogens (tertiary/aromatic N) is 1. The molecule has 1 N–H and O–H groups in total. The molecule has 0 aromatic carbocycles. The monoisotopic (exact) mass is 210 g/mol. The highest BCUT2D eigenvalue weighted by Crippen LogP contribution is 2.17. The predicted molar refractivity (Wildman–Crippen MR) is 59.6 cm³/mol. The Balaban J connectivity index is 2.49. The second-order valence-electron chi connectivity index (χ2n) is 4.56. The molecule has 1 rings (SSSR count). The SMILES string of the molecule is COC1=C(CNC(=O)C(C)(C)C)CC=N1. The highest BCUT2D eigenvalue weighted by Gasteiger charge is 2.21. The van der Waals surface area contributed by atoms with Crippen LogP contribution in [-0.2, 0) is 9.53 Å². The van der Waals surface area contributed by atoms with Gasteiger partial charge in [-0.1, -0.05) is 20.8 Å². The van der Waals surface area contributed by atoms with Crippen molar-refractivity contribution in [3.8, 4) is 0 Å². The summed E-state index contributed by atoms with van der Waals surface area (Å²) in [6.07, 6.45) is 2.55. The summed E-state index contributed by atoms with van der Waals surface area (Å²) in [4.78, 5) is 15.7. The predicted octanol–water partition coefficient (Wildman–Crippen LogP) is 1.48. The number of amides is 1. The molecule has 0 radical (unpaired) electrons. The highest BCUT2D eigenvalue weighted by molar-refractivity contribution is 5.81. The van der Waals surface area contributed by atoms with Crippen molar-refractivity contribution >= 4 is 12.1 Å². The van der Waals surface area contributed by atoms with Gasteiger partial charge in [-0.05, 0) is 0 Å². The third-order valence-electron chi connectivity index (χ3n) is 2.19. The third-order valence-corrected chi connectivity index (χ3v) is 2.19. The van der Waals surface area contributed by atoms with Crippen LogP contribution in [0.4, 0.5) is 0 Å². The fourth-order valence-electron chi connectivity index (χ4n) is 1.21. The van der Waals surface area contributed by atoms with Crippen LogP contribution in [0.3, 0.4) is 0 Å². The third kappa shape index (κ3) is 3.08. The van der Waals surface area contributed by atoms with Gasteiger partial charge < -0.3 is 10.1 Å². The lowest BCUT2D eigenvalue weighted by molar-refractivity contribution is -0.128. The van der Waals surface area contributed by atoms with Gasteiger partial charge in [-0.25, -0.2) is 4.99 Å². The van der Waals surface area contributed by atoms with Gasteiger partial charge in [-0.15, -0.1) is 0 Å². The Kier molecular flexibility index (Phi) is 3.50. The van der Waals surface area contributed by atoms with E-state index in [2.05, 4.69) is 10.3 Å². The van der Waals surface area contributed by atoms with E-state index in [1.807, 2.05) is 20.8 Å². The van der Waals surface area contributed by atoms with Crippen molar-refractivity contribution in [3.05, 3.63) is 11.5 Å². The zero-order chi connectivity index (χ0) is 11.5. The van der Waals surface area contributed by atoms with Crippen LogP contribution in [0, 0.1) is 5.41 Å². The van der Waals surface area contributed by atoms with Crippen molar-refractivity contribution in [1.82, 2.24) is 5.32 Å². The van der Waals surface area contributed by atoms with E-state index in [1.54, 1.807) is 13.3 Å². The minimum absolute atomic E-state index is 0.0392. The number of hydrogen-bond donors (Lipinski definition) is 1. The number of carbonyl (C=O) groups excluding carboxylic acids is 1. The first kappa shape index (κ1) is 11.8. The number of rotatable bonds is 3. The molecule has 0 bridgehead atoms. The molecule has 1 aliphatic rings. The fourth-order valence-corrected chi connectivity index (χ4v) is 1.21. The zero-order valence-electron chi connectivity index (χ0n) is 9.76. The van der Waals surface area contributed by atoms with Crippen molar-refractivity contribution in [3.63, 3.8) is 0 Å². The normalized spacial score (nSPS) is 15.7. The van der Waals surface area contributed by atoms with E-state index in [0.29, 0.717) is 12.4 Å². The molecule has 0 saturated carbocycles. The van der Waals surface area contributed by atoms with Gasteiger partial charge in [0.2, 0.25) is 11.8 Å². The Morgan fingerprint density at radius 3 is 2.80 bits per heavy atom. The first-order valence-electron chi connectivity index (χ1n) is 5.02. The van der Waals surface area contributed by atoms with Gasteiger partial charge in [0, 0.05) is 30.2 Å². The number of hydrogen-bond acceptors (Lipinski definition) is 3. The van der Waals surface area contributed by atoms with Crippen molar-refractivity contribution in [2.75, 3.05) is 13.7 Å². The first-order valence-corrected chi connectivity index (χ1v) is 5.02. The standard InChI is InChI=1S/C11H18N2O2/c1-11(2,3)10(14)13-7-8-5-6-12-9(8)15-4/h6H,5,7H2,1-4H3,(H,13,14). The maximum atomic E-state index is 11.6. The van der Waals surface area contributed by atoms with E-state index in [4.69, 9.17) is 4.74 Å². The van der Waals surface area contributed by atoms with Crippen LogP contribution in [0.25, 0.3) is 0 Å². The van der Waals surface area contributed by atoms with E-state index < -0.39 is 0 Å². The van der Waals surface area contributed by atoms with Gasteiger partial charge in [0.25, 0.3) is 0 Å². The topological polar surface area (TPSA) is 50.7 Å². The van der Waals surface area contributed by atoms with E-state index in [9.17, 15) is 4.79 Å². The molecule has 1 heterocycles.